The number of aromatic nitrogens is 3. The zero-order valence-corrected chi connectivity index (χ0v) is 12.0. The highest BCUT2D eigenvalue weighted by atomic mass is 35.5. The maximum atomic E-state index is 5.99. The molecule has 3 aromatic rings. The van der Waals surface area contributed by atoms with Gasteiger partial charge in [0.25, 0.3) is 0 Å². The van der Waals surface area contributed by atoms with Gasteiger partial charge in [0.15, 0.2) is 0 Å². The minimum absolute atomic E-state index is 0.264. The van der Waals surface area contributed by atoms with Gasteiger partial charge in [-0.15, -0.1) is 0 Å². The van der Waals surface area contributed by atoms with Crippen molar-refractivity contribution < 1.29 is 0 Å². The average Bonchev–Trinajstić information content (AvgIpc) is 2.68. The summed E-state index contributed by atoms with van der Waals surface area (Å²) >= 11 is 7.50. The van der Waals surface area contributed by atoms with E-state index in [0.717, 1.165) is 32.2 Å². The fourth-order valence-electron chi connectivity index (χ4n) is 2.02. The normalized spacial score (nSPS) is 11.1. The number of fused-ring (bicyclic) bond motifs is 1. The molecule has 96 valence electrons. The number of rotatable bonds is 1. The molecule has 0 atom stereocenters. The van der Waals surface area contributed by atoms with Gasteiger partial charge in [-0.3, -0.25) is 0 Å². The van der Waals surface area contributed by atoms with E-state index in [1.54, 1.807) is 0 Å². The Labute approximate surface area is 119 Å². The molecule has 0 bridgehead atoms. The molecule has 4 nitrogen and oxygen atoms in total. The molecular weight excluding hydrogens is 280 g/mol. The predicted molar refractivity (Wildman–Crippen MR) is 79.5 cm³/mol. The first kappa shape index (κ1) is 12.3. The van der Waals surface area contributed by atoms with Crippen LogP contribution in [0.4, 0.5) is 5.95 Å². The molecule has 0 aliphatic rings. The molecule has 0 saturated carbocycles. The first-order valence-electron chi connectivity index (χ1n) is 5.72. The van der Waals surface area contributed by atoms with Crippen molar-refractivity contribution in [1.29, 1.82) is 0 Å². The summed E-state index contributed by atoms with van der Waals surface area (Å²) in [7, 11) is 0. The minimum atomic E-state index is 0.264. The second kappa shape index (κ2) is 4.43. The van der Waals surface area contributed by atoms with Crippen molar-refractivity contribution in [3.63, 3.8) is 0 Å². The number of nitrogens with two attached hydrogens (primary N) is 1. The molecule has 0 unspecified atom stereocenters. The van der Waals surface area contributed by atoms with Crippen molar-refractivity contribution in [3.05, 3.63) is 33.8 Å². The third kappa shape index (κ3) is 2.15. The third-order valence-electron chi connectivity index (χ3n) is 2.83. The Morgan fingerprint density at radius 3 is 2.68 bits per heavy atom. The van der Waals surface area contributed by atoms with Gasteiger partial charge in [-0.05, 0) is 31.5 Å². The number of nitrogens with zero attached hydrogens (tertiary/aromatic N) is 3. The van der Waals surface area contributed by atoms with Crippen LogP contribution in [-0.2, 0) is 0 Å². The smallest absolute Gasteiger partial charge is 0.222 e. The van der Waals surface area contributed by atoms with Gasteiger partial charge in [-0.25, -0.2) is 15.0 Å². The van der Waals surface area contributed by atoms with E-state index in [9.17, 15) is 0 Å². The summed E-state index contributed by atoms with van der Waals surface area (Å²) in [5.74, 6) is 0.264. The fraction of sp³-hybridized carbons (Fsp3) is 0.154. The van der Waals surface area contributed by atoms with Crippen molar-refractivity contribution >= 4 is 39.2 Å². The standard InChI is InChI=1S/C13H11ClN4S/c1-6-5-8(14)3-4-9(6)10-11-12(18-13(15)17-10)19-7(2)16-11/h3-5H,1-2H3,(H2,15,17,18). The zero-order chi connectivity index (χ0) is 13.6. The lowest BCUT2D eigenvalue weighted by molar-refractivity contribution is 1.22. The van der Waals surface area contributed by atoms with Gasteiger partial charge in [0.05, 0.1) is 5.01 Å². The lowest BCUT2D eigenvalue weighted by Crippen LogP contribution is -1.98. The summed E-state index contributed by atoms with van der Waals surface area (Å²) in [4.78, 5) is 13.9. The van der Waals surface area contributed by atoms with Gasteiger partial charge in [0.2, 0.25) is 5.95 Å². The first-order valence-corrected chi connectivity index (χ1v) is 6.91. The minimum Gasteiger partial charge on any atom is -0.368 e. The SMILES string of the molecule is Cc1nc2c(-c3ccc(Cl)cc3C)nc(N)nc2s1. The van der Waals surface area contributed by atoms with Crippen molar-refractivity contribution in [2.24, 2.45) is 0 Å². The highest BCUT2D eigenvalue weighted by Crippen LogP contribution is 2.32. The highest BCUT2D eigenvalue weighted by molar-refractivity contribution is 7.18. The lowest BCUT2D eigenvalue weighted by Gasteiger charge is -2.06. The number of halogens is 1. The molecule has 19 heavy (non-hydrogen) atoms. The van der Waals surface area contributed by atoms with E-state index in [1.807, 2.05) is 32.0 Å². The second-order valence-corrected chi connectivity index (χ2v) is 5.89. The summed E-state index contributed by atoms with van der Waals surface area (Å²) in [6.07, 6.45) is 0. The van der Waals surface area contributed by atoms with Crippen LogP contribution in [0.2, 0.25) is 5.02 Å². The Balaban J connectivity index is 2.35. The van der Waals surface area contributed by atoms with Crippen LogP contribution in [0.25, 0.3) is 21.6 Å². The Hall–Kier alpha value is -1.72. The first-order chi connectivity index (χ1) is 9.04. The molecule has 0 saturated heterocycles. The van der Waals surface area contributed by atoms with Crippen molar-refractivity contribution in [1.82, 2.24) is 15.0 Å². The fourth-order valence-corrected chi connectivity index (χ4v) is 3.05. The Bertz CT molecular complexity index is 782. The van der Waals surface area contributed by atoms with E-state index in [2.05, 4.69) is 15.0 Å². The van der Waals surface area contributed by atoms with Crippen molar-refractivity contribution in [2.45, 2.75) is 13.8 Å². The van der Waals surface area contributed by atoms with Crippen LogP contribution in [0.1, 0.15) is 10.6 Å². The topological polar surface area (TPSA) is 64.7 Å². The molecular formula is C13H11ClN4S. The molecule has 0 aliphatic heterocycles. The van der Waals surface area contributed by atoms with Crippen LogP contribution >= 0.6 is 22.9 Å². The zero-order valence-electron chi connectivity index (χ0n) is 10.4. The predicted octanol–water partition coefficient (Wildman–Crippen LogP) is 3.61. The van der Waals surface area contributed by atoms with Gasteiger partial charge in [0, 0.05) is 10.6 Å². The van der Waals surface area contributed by atoms with E-state index in [0.29, 0.717) is 5.02 Å². The summed E-state index contributed by atoms with van der Waals surface area (Å²) in [6, 6.07) is 5.68. The van der Waals surface area contributed by atoms with E-state index in [-0.39, 0.29) is 5.95 Å². The van der Waals surface area contributed by atoms with Gasteiger partial charge in [-0.2, -0.15) is 0 Å². The van der Waals surface area contributed by atoms with Crippen molar-refractivity contribution in [3.8, 4) is 11.3 Å². The van der Waals surface area contributed by atoms with Crippen LogP contribution in [0.5, 0.6) is 0 Å². The van der Waals surface area contributed by atoms with Gasteiger partial charge in [0.1, 0.15) is 16.0 Å². The Morgan fingerprint density at radius 1 is 1.16 bits per heavy atom. The molecule has 0 spiro atoms. The summed E-state index contributed by atoms with van der Waals surface area (Å²) in [6.45, 7) is 3.94. The number of hydrogen-bond acceptors (Lipinski definition) is 5. The maximum absolute atomic E-state index is 5.99. The largest absolute Gasteiger partial charge is 0.368 e. The molecule has 0 radical (unpaired) electrons. The molecule has 2 N–H and O–H groups in total. The van der Waals surface area contributed by atoms with E-state index in [4.69, 9.17) is 17.3 Å². The lowest BCUT2D eigenvalue weighted by atomic mass is 10.1. The quantitative estimate of drug-likeness (QED) is 0.743. The molecule has 2 heterocycles. The maximum Gasteiger partial charge on any atom is 0.222 e. The molecule has 0 aliphatic carbocycles. The van der Waals surface area contributed by atoms with Crippen LogP contribution in [-0.4, -0.2) is 15.0 Å². The Kier molecular flexibility index (Phi) is 2.88. The van der Waals surface area contributed by atoms with Crippen molar-refractivity contribution in [2.75, 3.05) is 5.73 Å². The summed E-state index contributed by atoms with van der Waals surface area (Å²) < 4.78 is 0. The number of benzene rings is 1. The summed E-state index contributed by atoms with van der Waals surface area (Å²) in [5.41, 5.74) is 9.36. The molecule has 6 heteroatoms. The van der Waals surface area contributed by atoms with E-state index < -0.39 is 0 Å². The molecule has 2 aromatic heterocycles. The summed E-state index contributed by atoms with van der Waals surface area (Å²) in [5, 5.41) is 1.65. The number of anilines is 1. The van der Waals surface area contributed by atoms with E-state index >= 15 is 0 Å². The Morgan fingerprint density at radius 2 is 1.95 bits per heavy atom. The number of aryl methyl sites for hydroxylation is 2. The van der Waals surface area contributed by atoms with Gasteiger partial charge < -0.3 is 5.73 Å². The highest BCUT2D eigenvalue weighted by Gasteiger charge is 2.14. The molecule has 0 amide bonds. The number of hydrogen-bond donors (Lipinski definition) is 1. The number of nitrogen functional groups attached to an aromatic ring is 1. The monoisotopic (exact) mass is 290 g/mol. The van der Waals surface area contributed by atoms with Gasteiger partial charge >= 0.3 is 0 Å². The molecule has 3 rings (SSSR count). The molecule has 0 fully saturated rings. The number of thiazole rings is 1. The second-order valence-electron chi connectivity index (χ2n) is 4.28. The third-order valence-corrected chi connectivity index (χ3v) is 3.93. The average molecular weight is 291 g/mol. The van der Waals surface area contributed by atoms with Crippen LogP contribution in [0.3, 0.4) is 0 Å². The van der Waals surface area contributed by atoms with Crippen LogP contribution in [0, 0.1) is 13.8 Å². The molecule has 1 aromatic carbocycles. The van der Waals surface area contributed by atoms with E-state index in [1.165, 1.54) is 11.3 Å². The van der Waals surface area contributed by atoms with Gasteiger partial charge in [-0.1, -0.05) is 29.0 Å². The van der Waals surface area contributed by atoms with Crippen LogP contribution in [0.15, 0.2) is 18.2 Å². The van der Waals surface area contributed by atoms with Crippen LogP contribution < -0.4 is 5.73 Å².